The first kappa shape index (κ1) is 11.2. The highest BCUT2D eigenvalue weighted by atomic mass is 15.4. The number of rotatable bonds is 1. The lowest BCUT2D eigenvalue weighted by Crippen LogP contribution is -2.36. The molecule has 2 unspecified atom stereocenters. The molecule has 2 aromatic rings. The summed E-state index contributed by atoms with van der Waals surface area (Å²) in [5.41, 5.74) is 0.998. The third-order valence-corrected chi connectivity index (χ3v) is 4.21. The van der Waals surface area contributed by atoms with E-state index in [4.69, 9.17) is 0 Å². The summed E-state index contributed by atoms with van der Waals surface area (Å²) in [6.45, 7) is 4.14. The first-order valence-corrected chi connectivity index (χ1v) is 6.98. The summed E-state index contributed by atoms with van der Waals surface area (Å²) in [6, 6.07) is 3.42. The second kappa shape index (κ2) is 4.16. The lowest BCUT2D eigenvalue weighted by Gasteiger charge is -2.26. The molecule has 2 bridgehead atoms. The monoisotopic (exact) mass is 258 g/mol. The van der Waals surface area contributed by atoms with E-state index in [2.05, 4.69) is 31.3 Å². The zero-order valence-electron chi connectivity index (χ0n) is 11.1. The second-order valence-corrected chi connectivity index (χ2v) is 5.60. The fourth-order valence-electron chi connectivity index (χ4n) is 3.29. The minimum Gasteiger partial charge on any atom is -0.355 e. The van der Waals surface area contributed by atoms with Gasteiger partial charge in [0.25, 0.3) is 5.78 Å². The van der Waals surface area contributed by atoms with Gasteiger partial charge in [-0.3, -0.25) is 0 Å². The SMILES string of the molecule is Cc1cc(N2CCC3CCC(C2)N3)n2ncnc2n1. The van der Waals surface area contributed by atoms with E-state index in [1.807, 2.05) is 11.4 Å². The Labute approximate surface area is 111 Å². The molecular weight excluding hydrogens is 240 g/mol. The molecule has 0 spiro atoms. The summed E-state index contributed by atoms with van der Waals surface area (Å²) in [6.07, 6.45) is 5.39. The van der Waals surface area contributed by atoms with Crippen molar-refractivity contribution in [3.63, 3.8) is 0 Å². The van der Waals surface area contributed by atoms with Gasteiger partial charge in [0, 0.05) is 36.9 Å². The van der Waals surface area contributed by atoms with Gasteiger partial charge in [0.2, 0.25) is 0 Å². The van der Waals surface area contributed by atoms with Gasteiger partial charge in [-0.1, -0.05) is 0 Å². The Morgan fingerprint density at radius 2 is 2.16 bits per heavy atom. The standard InChI is InChI=1S/C13H18N6/c1-9-6-12(19-13(16-9)14-8-15-19)18-5-4-10-2-3-11(7-18)17-10/h6,8,10-11,17H,2-5,7H2,1H3. The van der Waals surface area contributed by atoms with Crippen LogP contribution in [0.25, 0.3) is 5.78 Å². The lowest BCUT2D eigenvalue weighted by atomic mass is 10.1. The molecule has 4 rings (SSSR count). The Kier molecular flexibility index (Phi) is 2.44. The minimum atomic E-state index is 0.611. The van der Waals surface area contributed by atoms with Crippen molar-refractivity contribution in [2.75, 3.05) is 18.0 Å². The maximum atomic E-state index is 4.41. The van der Waals surface area contributed by atoms with Crippen LogP contribution >= 0.6 is 0 Å². The number of nitrogens with zero attached hydrogens (tertiary/aromatic N) is 5. The molecule has 100 valence electrons. The third kappa shape index (κ3) is 1.87. The van der Waals surface area contributed by atoms with Crippen molar-refractivity contribution < 1.29 is 0 Å². The van der Waals surface area contributed by atoms with Crippen molar-refractivity contribution in [1.82, 2.24) is 24.9 Å². The van der Waals surface area contributed by atoms with Crippen LogP contribution in [0.4, 0.5) is 5.82 Å². The van der Waals surface area contributed by atoms with Crippen LogP contribution in [0.5, 0.6) is 0 Å². The van der Waals surface area contributed by atoms with Crippen LogP contribution in [0, 0.1) is 6.92 Å². The van der Waals surface area contributed by atoms with E-state index in [0.717, 1.165) is 24.6 Å². The quantitative estimate of drug-likeness (QED) is 0.818. The Balaban J connectivity index is 1.75. The Hall–Kier alpha value is -1.69. The highest BCUT2D eigenvalue weighted by Crippen LogP contribution is 2.24. The van der Waals surface area contributed by atoms with Gasteiger partial charge < -0.3 is 10.2 Å². The van der Waals surface area contributed by atoms with E-state index in [-0.39, 0.29) is 0 Å². The van der Waals surface area contributed by atoms with Crippen LogP contribution in [0.2, 0.25) is 0 Å². The number of nitrogens with one attached hydrogen (secondary N) is 1. The maximum Gasteiger partial charge on any atom is 0.254 e. The predicted octanol–water partition coefficient (Wildman–Crippen LogP) is 0.763. The highest BCUT2D eigenvalue weighted by Gasteiger charge is 2.30. The van der Waals surface area contributed by atoms with E-state index in [0.29, 0.717) is 17.9 Å². The summed E-state index contributed by atoms with van der Waals surface area (Å²) in [5, 5.41) is 8.02. The van der Waals surface area contributed by atoms with E-state index in [1.165, 1.54) is 19.3 Å². The molecule has 6 nitrogen and oxygen atoms in total. The number of anilines is 1. The van der Waals surface area contributed by atoms with Gasteiger partial charge in [0.15, 0.2) is 0 Å². The van der Waals surface area contributed by atoms with Gasteiger partial charge in [-0.05, 0) is 26.2 Å². The maximum absolute atomic E-state index is 4.41. The van der Waals surface area contributed by atoms with Crippen molar-refractivity contribution in [2.45, 2.75) is 38.3 Å². The zero-order valence-corrected chi connectivity index (χ0v) is 11.1. The molecule has 0 radical (unpaired) electrons. The first-order valence-electron chi connectivity index (χ1n) is 6.98. The fraction of sp³-hybridized carbons (Fsp3) is 0.615. The smallest absolute Gasteiger partial charge is 0.254 e. The summed E-state index contributed by atoms with van der Waals surface area (Å²) in [5.74, 6) is 1.81. The average Bonchev–Trinajstić information content (AvgIpc) is 2.95. The summed E-state index contributed by atoms with van der Waals surface area (Å²) >= 11 is 0. The van der Waals surface area contributed by atoms with E-state index >= 15 is 0 Å². The number of hydrogen-bond donors (Lipinski definition) is 1. The van der Waals surface area contributed by atoms with Gasteiger partial charge in [0.1, 0.15) is 12.1 Å². The molecular formula is C13H18N6. The number of aryl methyl sites for hydroxylation is 1. The van der Waals surface area contributed by atoms with Gasteiger partial charge in [-0.25, -0.2) is 4.98 Å². The Morgan fingerprint density at radius 1 is 1.26 bits per heavy atom. The van der Waals surface area contributed by atoms with Crippen LogP contribution in [0.3, 0.4) is 0 Å². The fourth-order valence-corrected chi connectivity index (χ4v) is 3.29. The largest absolute Gasteiger partial charge is 0.355 e. The van der Waals surface area contributed by atoms with Crippen molar-refractivity contribution in [3.8, 4) is 0 Å². The topological polar surface area (TPSA) is 58.4 Å². The summed E-state index contributed by atoms with van der Waals surface area (Å²) in [7, 11) is 0. The molecule has 0 saturated carbocycles. The normalized spacial score (nSPS) is 26.9. The van der Waals surface area contributed by atoms with Crippen LogP contribution in [-0.4, -0.2) is 44.8 Å². The van der Waals surface area contributed by atoms with Crippen molar-refractivity contribution >= 4 is 11.6 Å². The predicted molar refractivity (Wildman–Crippen MR) is 72.3 cm³/mol. The molecule has 0 aliphatic carbocycles. The highest BCUT2D eigenvalue weighted by molar-refractivity contribution is 5.47. The molecule has 1 N–H and O–H groups in total. The van der Waals surface area contributed by atoms with E-state index < -0.39 is 0 Å². The van der Waals surface area contributed by atoms with Crippen molar-refractivity contribution in [1.29, 1.82) is 0 Å². The molecule has 2 atom stereocenters. The first-order chi connectivity index (χ1) is 9.29. The molecule has 19 heavy (non-hydrogen) atoms. The van der Waals surface area contributed by atoms with Crippen LogP contribution < -0.4 is 10.2 Å². The summed E-state index contributed by atoms with van der Waals surface area (Å²) in [4.78, 5) is 11.0. The molecule has 2 saturated heterocycles. The zero-order chi connectivity index (χ0) is 12.8. The van der Waals surface area contributed by atoms with Gasteiger partial charge in [-0.2, -0.15) is 14.6 Å². The molecule has 2 aliphatic heterocycles. The lowest BCUT2D eigenvalue weighted by molar-refractivity contribution is 0.563. The number of fused-ring (bicyclic) bond motifs is 3. The second-order valence-electron chi connectivity index (χ2n) is 5.60. The van der Waals surface area contributed by atoms with Gasteiger partial charge >= 0.3 is 0 Å². The average molecular weight is 258 g/mol. The number of aromatic nitrogens is 4. The van der Waals surface area contributed by atoms with Crippen molar-refractivity contribution in [3.05, 3.63) is 18.1 Å². The molecule has 2 aromatic heterocycles. The van der Waals surface area contributed by atoms with Crippen LogP contribution in [-0.2, 0) is 0 Å². The summed E-state index contributed by atoms with van der Waals surface area (Å²) < 4.78 is 1.85. The molecule has 2 aliphatic rings. The van der Waals surface area contributed by atoms with Crippen LogP contribution in [0.15, 0.2) is 12.4 Å². The molecule has 4 heterocycles. The van der Waals surface area contributed by atoms with E-state index in [9.17, 15) is 0 Å². The minimum absolute atomic E-state index is 0.611. The third-order valence-electron chi connectivity index (χ3n) is 4.21. The van der Waals surface area contributed by atoms with Crippen molar-refractivity contribution in [2.24, 2.45) is 0 Å². The number of hydrogen-bond acceptors (Lipinski definition) is 5. The molecule has 0 amide bonds. The Bertz CT molecular complexity index is 606. The van der Waals surface area contributed by atoms with Gasteiger partial charge in [0.05, 0.1) is 0 Å². The molecule has 0 aromatic carbocycles. The molecule has 6 heteroatoms. The Morgan fingerprint density at radius 3 is 3.11 bits per heavy atom. The van der Waals surface area contributed by atoms with Crippen LogP contribution in [0.1, 0.15) is 25.0 Å². The molecule has 2 fully saturated rings. The van der Waals surface area contributed by atoms with E-state index in [1.54, 1.807) is 6.33 Å². The van der Waals surface area contributed by atoms with Gasteiger partial charge in [-0.15, -0.1) is 0 Å².